The van der Waals surface area contributed by atoms with Gasteiger partial charge in [0.15, 0.2) is 0 Å². The third kappa shape index (κ3) is 7.80. The van der Waals surface area contributed by atoms with Gasteiger partial charge in [-0.3, -0.25) is 0 Å². The number of hydrogen-bond donors (Lipinski definition) is 1. The fourth-order valence-electron chi connectivity index (χ4n) is 1.47. The Labute approximate surface area is 96.4 Å². The summed E-state index contributed by atoms with van der Waals surface area (Å²) < 4.78 is 0. The lowest BCUT2D eigenvalue weighted by Gasteiger charge is -2.23. The van der Waals surface area contributed by atoms with Gasteiger partial charge < -0.3 is 10.2 Å². The van der Waals surface area contributed by atoms with Gasteiger partial charge in [0.25, 0.3) is 0 Å². The molecule has 0 rings (SSSR count). The fraction of sp³-hybridized carbons (Fsp3) is 1.00. The molecule has 0 aliphatic rings. The lowest BCUT2D eigenvalue weighted by atomic mass is 10.1. The average Bonchev–Trinajstić information content (AvgIpc) is 2.17. The van der Waals surface area contributed by atoms with Crippen LogP contribution >= 0.6 is 0 Å². The molecule has 2 heteroatoms. The van der Waals surface area contributed by atoms with Crippen LogP contribution in [0.4, 0.5) is 0 Å². The van der Waals surface area contributed by atoms with Crippen molar-refractivity contribution in [2.75, 3.05) is 26.7 Å². The van der Waals surface area contributed by atoms with Crippen molar-refractivity contribution in [2.45, 2.75) is 47.1 Å². The van der Waals surface area contributed by atoms with Crippen LogP contribution in [-0.4, -0.2) is 37.6 Å². The van der Waals surface area contributed by atoms with Crippen molar-refractivity contribution in [3.05, 3.63) is 0 Å². The maximum absolute atomic E-state index is 3.56. The molecule has 0 aliphatic heterocycles. The molecule has 0 amide bonds. The predicted octanol–water partition coefficient (Wildman–Crippen LogP) is 2.60. The van der Waals surface area contributed by atoms with Crippen molar-refractivity contribution >= 4 is 0 Å². The first-order chi connectivity index (χ1) is 6.97. The first kappa shape index (κ1) is 14.9. The van der Waals surface area contributed by atoms with Gasteiger partial charge in [0, 0.05) is 25.7 Å². The van der Waals surface area contributed by atoms with Gasteiger partial charge in [0.1, 0.15) is 0 Å². The van der Waals surface area contributed by atoms with Gasteiger partial charge >= 0.3 is 0 Å². The van der Waals surface area contributed by atoms with E-state index in [9.17, 15) is 0 Å². The van der Waals surface area contributed by atoms with Gasteiger partial charge in [-0.2, -0.15) is 0 Å². The number of rotatable bonds is 8. The second-order valence-corrected chi connectivity index (χ2v) is 5.26. The summed E-state index contributed by atoms with van der Waals surface area (Å²) in [6.07, 6.45) is 1.28. The second kappa shape index (κ2) is 8.12. The SMILES string of the molecule is CCC(C)CN(C)CCNC(C)C(C)C. The maximum atomic E-state index is 3.56. The van der Waals surface area contributed by atoms with Crippen molar-refractivity contribution in [1.29, 1.82) is 0 Å². The van der Waals surface area contributed by atoms with Gasteiger partial charge in [-0.05, 0) is 25.8 Å². The van der Waals surface area contributed by atoms with Crippen LogP contribution in [0.5, 0.6) is 0 Å². The van der Waals surface area contributed by atoms with E-state index in [2.05, 4.69) is 51.9 Å². The van der Waals surface area contributed by atoms with Crippen molar-refractivity contribution in [3.8, 4) is 0 Å². The summed E-state index contributed by atoms with van der Waals surface area (Å²) in [6, 6.07) is 0.627. The minimum absolute atomic E-state index is 0.627. The zero-order chi connectivity index (χ0) is 11.8. The summed E-state index contributed by atoms with van der Waals surface area (Å²) in [5.41, 5.74) is 0. The van der Waals surface area contributed by atoms with Crippen LogP contribution in [0.2, 0.25) is 0 Å². The molecule has 0 aromatic carbocycles. The monoisotopic (exact) mass is 214 g/mol. The van der Waals surface area contributed by atoms with Crippen LogP contribution in [0.15, 0.2) is 0 Å². The Bertz CT molecular complexity index is 145. The highest BCUT2D eigenvalue weighted by Crippen LogP contribution is 2.02. The molecule has 0 fully saturated rings. The Morgan fingerprint density at radius 2 is 1.73 bits per heavy atom. The molecule has 2 atom stereocenters. The normalized spacial score (nSPS) is 16.0. The van der Waals surface area contributed by atoms with Crippen LogP contribution < -0.4 is 5.32 Å². The van der Waals surface area contributed by atoms with E-state index in [0.29, 0.717) is 6.04 Å². The molecule has 0 aliphatic carbocycles. The third-order valence-corrected chi connectivity index (χ3v) is 3.28. The Kier molecular flexibility index (Phi) is 8.07. The largest absolute Gasteiger partial charge is 0.313 e. The molecule has 0 aromatic rings. The molecule has 0 spiro atoms. The predicted molar refractivity (Wildman–Crippen MR) is 69.3 cm³/mol. The van der Waals surface area contributed by atoms with Gasteiger partial charge in [0.2, 0.25) is 0 Å². The van der Waals surface area contributed by atoms with E-state index in [1.165, 1.54) is 13.0 Å². The van der Waals surface area contributed by atoms with E-state index >= 15 is 0 Å². The van der Waals surface area contributed by atoms with Crippen LogP contribution in [0, 0.1) is 11.8 Å². The molecular formula is C13H30N2. The summed E-state index contributed by atoms with van der Waals surface area (Å²) >= 11 is 0. The smallest absolute Gasteiger partial charge is 0.0104 e. The quantitative estimate of drug-likeness (QED) is 0.668. The summed E-state index contributed by atoms with van der Waals surface area (Å²) in [6.45, 7) is 14.8. The lowest BCUT2D eigenvalue weighted by Crippen LogP contribution is -2.37. The first-order valence-electron chi connectivity index (χ1n) is 6.39. The van der Waals surface area contributed by atoms with Gasteiger partial charge in [-0.1, -0.05) is 34.1 Å². The number of likely N-dealkylation sites (N-methyl/N-ethyl adjacent to an activating group) is 1. The molecule has 0 saturated carbocycles. The molecular weight excluding hydrogens is 184 g/mol. The Hall–Kier alpha value is -0.0800. The fourth-order valence-corrected chi connectivity index (χ4v) is 1.47. The van der Waals surface area contributed by atoms with Crippen molar-refractivity contribution in [3.63, 3.8) is 0 Å². The summed E-state index contributed by atoms with van der Waals surface area (Å²) in [7, 11) is 2.22. The molecule has 92 valence electrons. The van der Waals surface area contributed by atoms with E-state index in [4.69, 9.17) is 0 Å². The van der Waals surface area contributed by atoms with Crippen molar-refractivity contribution in [1.82, 2.24) is 10.2 Å². The minimum atomic E-state index is 0.627. The topological polar surface area (TPSA) is 15.3 Å². The zero-order valence-electron chi connectivity index (χ0n) is 11.5. The second-order valence-electron chi connectivity index (χ2n) is 5.26. The average molecular weight is 214 g/mol. The molecule has 0 aromatic heterocycles. The molecule has 0 heterocycles. The molecule has 0 bridgehead atoms. The van der Waals surface area contributed by atoms with Gasteiger partial charge in [-0.25, -0.2) is 0 Å². The molecule has 2 unspecified atom stereocenters. The van der Waals surface area contributed by atoms with E-state index in [0.717, 1.165) is 24.9 Å². The highest BCUT2D eigenvalue weighted by Gasteiger charge is 2.07. The molecule has 1 N–H and O–H groups in total. The summed E-state index contributed by atoms with van der Waals surface area (Å²) in [4.78, 5) is 2.42. The molecule has 2 nitrogen and oxygen atoms in total. The highest BCUT2D eigenvalue weighted by atomic mass is 15.1. The van der Waals surface area contributed by atoms with E-state index in [1.54, 1.807) is 0 Å². The molecule has 0 saturated heterocycles. The number of hydrogen-bond acceptors (Lipinski definition) is 2. The van der Waals surface area contributed by atoms with Crippen LogP contribution in [0.25, 0.3) is 0 Å². The van der Waals surface area contributed by atoms with E-state index in [-0.39, 0.29) is 0 Å². The van der Waals surface area contributed by atoms with Crippen LogP contribution in [0.1, 0.15) is 41.0 Å². The van der Waals surface area contributed by atoms with Gasteiger partial charge in [0.05, 0.1) is 0 Å². The van der Waals surface area contributed by atoms with Crippen molar-refractivity contribution in [2.24, 2.45) is 11.8 Å². The Balaban J connectivity index is 3.50. The molecule has 0 radical (unpaired) electrons. The van der Waals surface area contributed by atoms with Crippen molar-refractivity contribution < 1.29 is 0 Å². The summed E-state index contributed by atoms with van der Waals surface area (Å²) in [5.74, 6) is 1.54. The number of nitrogens with zero attached hydrogens (tertiary/aromatic N) is 1. The minimum Gasteiger partial charge on any atom is -0.313 e. The maximum Gasteiger partial charge on any atom is 0.0104 e. The lowest BCUT2D eigenvalue weighted by molar-refractivity contribution is 0.273. The van der Waals surface area contributed by atoms with E-state index in [1.807, 2.05) is 0 Å². The standard InChI is InChI=1S/C13H30N2/c1-7-12(4)10-15(6)9-8-14-13(5)11(2)3/h11-14H,7-10H2,1-6H3. The first-order valence-corrected chi connectivity index (χ1v) is 6.39. The van der Waals surface area contributed by atoms with Crippen LogP contribution in [0.3, 0.4) is 0 Å². The highest BCUT2D eigenvalue weighted by molar-refractivity contribution is 4.66. The van der Waals surface area contributed by atoms with E-state index < -0.39 is 0 Å². The van der Waals surface area contributed by atoms with Gasteiger partial charge in [-0.15, -0.1) is 0 Å². The summed E-state index contributed by atoms with van der Waals surface area (Å²) in [5, 5.41) is 3.56. The Morgan fingerprint density at radius 3 is 2.20 bits per heavy atom. The van der Waals surface area contributed by atoms with Crippen LogP contribution in [-0.2, 0) is 0 Å². The Morgan fingerprint density at radius 1 is 1.13 bits per heavy atom. The molecule has 15 heavy (non-hydrogen) atoms. The number of nitrogens with one attached hydrogen (secondary N) is 1. The zero-order valence-corrected chi connectivity index (χ0v) is 11.5. The third-order valence-electron chi connectivity index (χ3n) is 3.28.